The molecule has 0 saturated heterocycles. The molecule has 0 unspecified atom stereocenters. The highest BCUT2D eigenvalue weighted by Crippen LogP contribution is 1.82. The second-order valence-corrected chi connectivity index (χ2v) is 2.19. The van der Waals surface area contributed by atoms with Gasteiger partial charge in [0, 0.05) is 26.2 Å². The van der Waals surface area contributed by atoms with Gasteiger partial charge >= 0.3 is 0 Å². The second-order valence-electron chi connectivity index (χ2n) is 2.19. The van der Waals surface area contributed by atoms with E-state index in [4.69, 9.17) is 16.7 Å². The predicted molar refractivity (Wildman–Crippen MR) is 43.4 cm³/mol. The van der Waals surface area contributed by atoms with Crippen molar-refractivity contribution in [1.82, 2.24) is 15.8 Å². The Balaban J connectivity index is 3.85. The van der Waals surface area contributed by atoms with E-state index in [1.165, 1.54) is 5.01 Å². The number of hydrogen-bond donors (Lipinski definition) is 4. The summed E-state index contributed by atoms with van der Waals surface area (Å²) in [5.74, 6) is 0. The van der Waals surface area contributed by atoms with Gasteiger partial charge in [0.05, 0.1) is 0 Å². The maximum absolute atomic E-state index is 9.97. The standard InChI is InChI=1S/C4H14N6O3/c5-1-3-8(4-2-6)7-9(11)10(12)13/h7,11H,1-6H2. The summed E-state index contributed by atoms with van der Waals surface area (Å²) in [6.07, 6.45) is 0. The molecular formula is C4H14N6O3. The Morgan fingerprint density at radius 1 is 1.38 bits per heavy atom. The lowest BCUT2D eigenvalue weighted by Crippen LogP contribution is -2.53. The van der Waals surface area contributed by atoms with Crippen LogP contribution in [0.2, 0.25) is 0 Å². The minimum atomic E-state index is -1.01. The third kappa shape index (κ3) is 5.27. The minimum absolute atomic E-state index is 0.245. The molecule has 13 heavy (non-hydrogen) atoms. The first-order valence-corrected chi connectivity index (χ1v) is 3.66. The van der Waals surface area contributed by atoms with Gasteiger partial charge in [-0.15, -0.1) is 0 Å². The third-order valence-electron chi connectivity index (χ3n) is 1.18. The summed E-state index contributed by atoms with van der Waals surface area (Å²) in [5.41, 5.74) is 12.5. The van der Waals surface area contributed by atoms with E-state index < -0.39 is 5.03 Å². The van der Waals surface area contributed by atoms with Crippen molar-refractivity contribution in [3.63, 3.8) is 0 Å². The molecule has 0 aliphatic heterocycles. The van der Waals surface area contributed by atoms with Crippen LogP contribution in [0.25, 0.3) is 0 Å². The minimum Gasteiger partial charge on any atom is -0.329 e. The van der Waals surface area contributed by atoms with Gasteiger partial charge in [-0.1, -0.05) is 5.53 Å². The summed E-state index contributed by atoms with van der Waals surface area (Å²) in [7, 11) is 0. The van der Waals surface area contributed by atoms with E-state index in [9.17, 15) is 10.1 Å². The van der Waals surface area contributed by atoms with Crippen LogP contribution in [0.5, 0.6) is 0 Å². The number of rotatable bonds is 7. The van der Waals surface area contributed by atoms with Crippen LogP contribution in [0, 0.1) is 10.1 Å². The van der Waals surface area contributed by atoms with E-state index in [1.807, 2.05) is 0 Å². The molecule has 0 rings (SSSR count). The zero-order chi connectivity index (χ0) is 10.3. The van der Waals surface area contributed by atoms with Gasteiger partial charge in [-0.2, -0.15) is 0 Å². The van der Waals surface area contributed by atoms with Crippen molar-refractivity contribution < 1.29 is 10.2 Å². The van der Waals surface area contributed by atoms with Crippen molar-refractivity contribution in [2.45, 2.75) is 0 Å². The molecule has 0 bridgehead atoms. The average Bonchev–Trinajstić information content (AvgIpc) is 2.05. The molecule has 0 heterocycles. The molecule has 0 atom stereocenters. The van der Waals surface area contributed by atoms with E-state index in [2.05, 4.69) is 5.53 Å². The SMILES string of the molecule is NCCN(CCN)NN(O)[N+](=O)[O-]. The van der Waals surface area contributed by atoms with Crippen LogP contribution in [0.15, 0.2) is 0 Å². The molecule has 0 aromatic carbocycles. The molecule has 0 radical (unpaired) electrons. The van der Waals surface area contributed by atoms with Crippen molar-refractivity contribution in [2.75, 3.05) is 26.2 Å². The van der Waals surface area contributed by atoms with Crippen LogP contribution in [0.3, 0.4) is 0 Å². The normalized spacial score (nSPS) is 10.5. The number of hydrogen-bond acceptors (Lipinski definition) is 7. The Bertz CT molecular complexity index is 149. The van der Waals surface area contributed by atoms with Crippen LogP contribution >= 0.6 is 0 Å². The number of nitro groups is 1. The van der Waals surface area contributed by atoms with Crippen LogP contribution in [-0.2, 0) is 0 Å². The Hall–Kier alpha value is -1.00. The van der Waals surface area contributed by atoms with E-state index in [1.54, 1.807) is 0 Å². The Morgan fingerprint density at radius 2 is 1.85 bits per heavy atom. The first-order chi connectivity index (χ1) is 6.11. The molecule has 9 nitrogen and oxygen atoms in total. The molecular weight excluding hydrogens is 180 g/mol. The van der Waals surface area contributed by atoms with Gasteiger partial charge in [-0.3, -0.25) is 0 Å². The highest BCUT2D eigenvalue weighted by atomic mass is 16.8. The number of hydrazine groups is 3. The monoisotopic (exact) mass is 194 g/mol. The maximum atomic E-state index is 9.97. The molecule has 78 valence electrons. The third-order valence-corrected chi connectivity index (χ3v) is 1.18. The summed E-state index contributed by atoms with van der Waals surface area (Å²) in [4.78, 5) is 9.97. The van der Waals surface area contributed by atoms with Crippen molar-refractivity contribution >= 4 is 0 Å². The summed E-state index contributed by atoms with van der Waals surface area (Å²) in [6.45, 7) is 1.31. The van der Waals surface area contributed by atoms with E-state index in [0.29, 0.717) is 26.2 Å². The Morgan fingerprint density at radius 3 is 2.15 bits per heavy atom. The van der Waals surface area contributed by atoms with Crippen LogP contribution in [-0.4, -0.2) is 46.7 Å². The second kappa shape index (κ2) is 6.51. The van der Waals surface area contributed by atoms with E-state index in [0.717, 1.165) is 0 Å². The van der Waals surface area contributed by atoms with Crippen molar-refractivity contribution in [1.29, 1.82) is 0 Å². The highest BCUT2D eigenvalue weighted by Gasteiger charge is 2.13. The van der Waals surface area contributed by atoms with Gasteiger partial charge < -0.3 is 11.5 Å². The summed E-state index contributed by atoms with van der Waals surface area (Å²) >= 11 is 0. The quantitative estimate of drug-likeness (QED) is 0.258. The van der Waals surface area contributed by atoms with Crippen molar-refractivity contribution in [3.8, 4) is 0 Å². The van der Waals surface area contributed by atoms with E-state index in [-0.39, 0.29) is 5.28 Å². The zero-order valence-corrected chi connectivity index (χ0v) is 7.09. The number of nitrogens with zero attached hydrogens (tertiary/aromatic N) is 3. The molecule has 9 heteroatoms. The van der Waals surface area contributed by atoms with Crippen molar-refractivity contribution in [2.24, 2.45) is 11.5 Å². The van der Waals surface area contributed by atoms with Crippen molar-refractivity contribution in [3.05, 3.63) is 10.1 Å². The number of nitrogens with two attached hydrogens (primary N) is 2. The first-order valence-electron chi connectivity index (χ1n) is 3.66. The number of nitrogens with one attached hydrogen (secondary N) is 1. The fraction of sp³-hybridized carbons (Fsp3) is 1.00. The van der Waals surface area contributed by atoms with Crippen LogP contribution in [0.1, 0.15) is 0 Å². The predicted octanol–water partition coefficient (Wildman–Crippen LogP) is -2.49. The molecule has 6 N–H and O–H groups in total. The molecule has 0 amide bonds. The largest absolute Gasteiger partial charge is 0.329 e. The van der Waals surface area contributed by atoms with Crippen LogP contribution < -0.4 is 17.0 Å². The molecule has 0 aromatic heterocycles. The average molecular weight is 194 g/mol. The lowest BCUT2D eigenvalue weighted by atomic mass is 10.5. The highest BCUT2D eigenvalue weighted by molar-refractivity contribution is 4.49. The molecule has 0 aliphatic carbocycles. The fourth-order valence-corrected chi connectivity index (χ4v) is 0.686. The van der Waals surface area contributed by atoms with Gasteiger partial charge in [0.15, 0.2) is 0 Å². The molecule has 0 aromatic rings. The topological polar surface area (TPSA) is 134 Å². The Labute approximate surface area is 74.9 Å². The van der Waals surface area contributed by atoms with Gasteiger partial charge in [0.25, 0.3) is 0 Å². The Kier molecular flexibility index (Phi) is 6.01. The fourth-order valence-electron chi connectivity index (χ4n) is 0.686. The van der Waals surface area contributed by atoms with Gasteiger partial charge in [-0.05, 0) is 0 Å². The molecule has 0 aliphatic rings. The summed E-state index contributed by atoms with van der Waals surface area (Å²) in [5, 5.41) is 18.7. The van der Waals surface area contributed by atoms with Gasteiger partial charge in [0.2, 0.25) is 5.03 Å². The lowest BCUT2D eigenvalue weighted by molar-refractivity contribution is -0.751. The molecule has 0 spiro atoms. The van der Waals surface area contributed by atoms with Gasteiger partial charge in [0.1, 0.15) is 5.28 Å². The molecule has 0 saturated carbocycles. The molecule has 0 fully saturated rings. The first kappa shape index (κ1) is 12.0. The smallest absolute Gasteiger partial charge is 0.205 e. The van der Waals surface area contributed by atoms with Crippen LogP contribution in [0.4, 0.5) is 0 Å². The summed E-state index contributed by atoms with van der Waals surface area (Å²) < 4.78 is 0. The van der Waals surface area contributed by atoms with Gasteiger partial charge in [-0.25, -0.2) is 20.3 Å². The van der Waals surface area contributed by atoms with E-state index >= 15 is 0 Å². The summed E-state index contributed by atoms with van der Waals surface area (Å²) in [6, 6.07) is 0. The maximum Gasteiger partial charge on any atom is 0.205 e. The lowest BCUT2D eigenvalue weighted by Gasteiger charge is -2.21. The zero-order valence-electron chi connectivity index (χ0n) is 7.09.